The minimum Gasteiger partial charge on any atom is -0.493 e. The maximum absolute atomic E-state index is 12.3. The van der Waals surface area contributed by atoms with Crippen LogP contribution in [0.25, 0.3) is 10.8 Å². The molecule has 27 heavy (non-hydrogen) atoms. The minimum atomic E-state index is -0.136. The first-order valence-electron chi connectivity index (χ1n) is 8.90. The molecular weight excluding hydrogens is 340 g/mol. The molecule has 0 aliphatic carbocycles. The largest absolute Gasteiger partial charge is 0.493 e. The second-order valence-electron chi connectivity index (χ2n) is 6.14. The summed E-state index contributed by atoms with van der Waals surface area (Å²) in [7, 11) is 3.12. The number of hydrogen-bond acceptors (Lipinski definition) is 4. The summed E-state index contributed by atoms with van der Waals surface area (Å²) in [4.78, 5) is 12.3. The Bertz CT molecular complexity index is 919. The molecule has 3 rings (SSSR count). The Balaban J connectivity index is 1.49. The molecule has 5 nitrogen and oxygen atoms in total. The average molecular weight is 364 g/mol. The molecule has 0 saturated heterocycles. The van der Waals surface area contributed by atoms with Crippen LogP contribution >= 0.6 is 0 Å². The minimum absolute atomic E-state index is 0.136. The van der Waals surface area contributed by atoms with Crippen molar-refractivity contribution in [1.82, 2.24) is 10.6 Å². The van der Waals surface area contributed by atoms with E-state index in [9.17, 15) is 4.79 Å². The van der Waals surface area contributed by atoms with Gasteiger partial charge in [-0.1, -0.05) is 42.5 Å². The van der Waals surface area contributed by atoms with Crippen LogP contribution in [-0.4, -0.2) is 33.2 Å². The monoisotopic (exact) mass is 364 g/mol. The van der Waals surface area contributed by atoms with E-state index in [1.807, 2.05) is 6.07 Å². The lowest BCUT2D eigenvalue weighted by Gasteiger charge is -2.11. The van der Waals surface area contributed by atoms with E-state index >= 15 is 0 Å². The second kappa shape index (κ2) is 9.05. The average Bonchev–Trinajstić information content (AvgIpc) is 2.72. The zero-order valence-electron chi connectivity index (χ0n) is 15.6. The Morgan fingerprint density at radius 2 is 1.67 bits per heavy atom. The Kier molecular flexibility index (Phi) is 6.28. The molecule has 2 N–H and O–H groups in total. The maximum atomic E-state index is 12.3. The molecule has 140 valence electrons. The van der Waals surface area contributed by atoms with Crippen molar-refractivity contribution in [2.75, 3.05) is 27.3 Å². The molecule has 0 atom stereocenters. The first-order valence-corrected chi connectivity index (χ1v) is 8.90. The predicted octanol–water partition coefficient (Wildman–Crippen LogP) is 3.38. The molecule has 0 unspecified atom stereocenters. The van der Waals surface area contributed by atoms with Crippen LogP contribution in [0.1, 0.15) is 15.9 Å². The van der Waals surface area contributed by atoms with Gasteiger partial charge in [-0.25, -0.2) is 0 Å². The molecule has 0 fully saturated rings. The quantitative estimate of drug-likeness (QED) is 0.602. The summed E-state index contributed by atoms with van der Waals surface area (Å²) in [5, 5.41) is 8.78. The number of fused-ring (bicyclic) bond motifs is 1. The summed E-state index contributed by atoms with van der Waals surface area (Å²) < 4.78 is 10.4. The van der Waals surface area contributed by atoms with E-state index in [-0.39, 0.29) is 5.91 Å². The van der Waals surface area contributed by atoms with Crippen molar-refractivity contribution in [3.05, 3.63) is 71.8 Å². The number of amides is 1. The van der Waals surface area contributed by atoms with Crippen LogP contribution in [0.15, 0.2) is 60.7 Å². The third-order valence-corrected chi connectivity index (χ3v) is 4.43. The van der Waals surface area contributed by atoms with Crippen LogP contribution in [0.4, 0.5) is 0 Å². The van der Waals surface area contributed by atoms with Gasteiger partial charge in [-0.3, -0.25) is 4.79 Å². The highest BCUT2D eigenvalue weighted by molar-refractivity contribution is 5.94. The molecule has 5 heteroatoms. The predicted molar refractivity (Wildman–Crippen MR) is 108 cm³/mol. The van der Waals surface area contributed by atoms with Crippen molar-refractivity contribution in [3.63, 3.8) is 0 Å². The number of hydrogen-bond donors (Lipinski definition) is 2. The molecule has 0 bridgehead atoms. The van der Waals surface area contributed by atoms with E-state index in [0.29, 0.717) is 30.2 Å². The fourth-order valence-electron chi connectivity index (χ4n) is 3.01. The third kappa shape index (κ3) is 4.57. The summed E-state index contributed by atoms with van der Waals surface area (Å²) in [5.41, 5.74) is 1.79. The van der Waals surface area contributed by atoms with Crippen LogP contribution in [0.2, 0.25) is 0 Å². The molecule has 3 aromatic rings. The lowest BCUT2D eigenvalue weighted by Crippen LogP contribution is -2.31. The van der Waals surface area contributed by atoms with E-state index in [2.05, 4.69) is 47.0 Å². The first kappa shape index (κ1) is 18.7. The molecule has 0 aliphatic heterocycles. The second-order valence-corrected chi connectivity index (χ2v) is 6.14. The van der Waals surface area contributed by atoms with Crippen molar-refractivity contribution < 1.29 is 14.3 Å². The van der Waals surface area contributed by atoms with Gasteiger partial charge in [0.1, 0.15) is 0 Å². The normalized spacial score (nSPS) is 10.6. The zero-order valence-corrected chi connectivity index (χ0v) is 15.6. The summed E-state index contributed by atoms with van der Waals surface area (Å²) in [6.07, 6.45) is 0. The number of methoxy groups -OCH3 is 2. The van der Waals surface area contributed by atoms with Crippen molar-refractivity contribution in [3.8, 4) is 11.5 Å². The Morgan fingerprint density at radius 3 is 2.48 bits per heavy atom. The summed E-state index contributed by atoms with van der Waals surface area (Å²) in [5.74, 6) is 1.01. The van der Waals surface area contributed by atoms with Gasteiger partial charge in [0.05, 0.1) is 14.2 Å². The van der Waals surface area contributed by atoms with Gasteiger partial charge < -0.3 is 20.1 Å². The highest BCUT2D eigenvalue weighted by Crippen LogP contribution is 2.27. The smallest absolute Gasteiger partial charge is 0.251 e. The highest BCUT2D eigenvalue weighted by Gasteiger charge is 2.10. The highest BCUT2D eigenvalue weighted by atomic mass is 16.5. The molecule has 3 aromatic carbocycles. The third-order valence-electron chi connectivity index (χ3n) is 4.43. The Labute approximate surface area is 159 Å². The number of ether oxygens (including phenoxy) is 2. The van der Waals surface area contributed by atoms with Crippen molar-refractivity contribution in [2.45, 2.75) is 6.54 Å². The van der Waals surface area contributed by atoms with Gasteiger partial charge >= 0.3 is 0 Å². The lowest BCUT2D eigenvalue weighted by atomic mass is 10.0. The SMILES string of the molecule is COc1ccc(C(=O)NCCNCc2cccc3ccccc23)cc1OC. The molecule has 0 aromatic heterocycles. The first-order chi connectivity index (χ1) is 13.2. The van der Waals surface area contributed by atoms with Crippen molar-refractivity contribution in [2.24, 2.45) is 0 Å². The number of carbonyl (C=O) groups is 1. The molecule has 0 aliphatic rings. The molecule has 1 amide bonds. The van der Waals surface area contributed by atoms with E-state index in [4.69, 9.17) is 9.47 Å². The zero-order chi connectivity index (χ0) is 19.1. The Hall–Kier alpha value is -3.05. The van der Waals surface area contributed by atoms with Gasteiger partial charge in [0.2, 0.25) is 0 Å². The van der Waals surface area contributed by atoms with Gasteiger partial charge in [-0.15, -0.1) is 0 Å². The van der Waals surface area contributed by atoms with Gasteiger partial charge in [0, 0.05) is 25.2 Å². The van der Waals surface area contributed by atoms with Crippen LogP contribution in [0, 0.1) is 0 Å². The van der Waals surface area contributed by atoms with Crippen molar-refractivity contribution in [1.29, 1.82) is 0 Å². The lowest BCUT2D eigenvalue weighted by molar-refractivity contribution is 0.0953. The van der Waals surface area contributed by atoms with Crippen molar-refractivity contribution >= 4 is 16.7 Å². The summed E-state index contributed by atoms with van der Waals surface area (Å²) >= 11 is 0. The van der Waals surface area contributed by atoms with E-state index in [0.717, 1.165) is 6.54 Å². The fourth-order valence-corrected chi connectivity index (χ4v) is 3.01. The van der Waals surface area contributed by atoms with Crippen LogP contribution < -0.4 is 20.1 Å². The van der Waals surface area contributed by atoms with E-state index < -0.39 is 0 Å². The van der Waals surface area contributed by atoms with Crippen LogP contribution in [0.3, 0.4) is 0 Å². The maximum Gasteiger partial charge on any atom is 0.251 e. The fraction of sp³-hybridized carbons (Fsp3) is 0.227. The molecule has 0 saturated carbocycles. The van der Waals surface area contributed by atoms with Crippen LogP contribution in [0.5, 0.6) is 11.5 Å². The topological polar surface area (TPSA) is 59.6 Å². The van der Waals surface area contributed by atoms with Gasteiger partial charge in [0.25, 0.3) is 5.91 Å². The molecule has 0 spiro atoms. The standard InChI is InChI=1S/C22H24N2O3/c1-26-20-11-10-17(14-21(20)27-2)22(25)24-13-12-23-15-18-8-5-7-16-6-3-4-9-19(16)18/h3-11,14,23H,12-13,15H2,1-2H3,(H,24,25). The van der Waals surface area contributed by atoms with E-state index in [1.165, 1.54) is 16.3 Å². The summed E-state index contributed by atoms with van der Waals surface area (Å²) in [6.45, 7) is 1.98. The molecule has 0 radical (unpaired) electrons. The summed E-state index contributed by atoms with van der Waals surface area (Å²) in [6, 6.07) is 19.8. The molecular formula is C22H24N2O3. The van der Waals surface area contributed by atoms with Crippen LogP contribution in [-0.2, 0) is 6.54 Å². The number of nitrogens with one attached hydrogen (secondary N) is 2. The van der Waals surface area contributed by atoms with Gasteiger partial charge in [-0.2, -0.15) is 0 Å². The molecule has 0 heterocycles. The Morgan fingerprint density at radius 1 is 0.889 bits per heavy atom. The van der Waals surface area contributed by atoms with E-state index in [1.54, 1.807) is 32.4 Å². The number of carbonyl (C=O) groups excluding carboxylic acids is 1. The van der Waals surface area contributed by atoms with Gasteiger partial charge in [0.15, 0.2) is 11.5 Å². The number of rotatable bonds is 8. The number of benzene rings is 3. The van der Waals surface area contributed by atoms with Gasteiger partial charge in [-0.05, 0) is 34.5 Å².